The van der Waals surface area contributed by atoms with E-state index in [-0.39, 0.29) is 16.5 Å². The second kappa shape index (κ2) is 5.99. The number of nitro benzene ring substituents is 1. The third-order valence-electron chi connectivity index (χ3n) is 3.53. The topological polar surface area (TPSA) is 107 Å². The Kier molecular flexibility index (Phi) is 4.42. The molecule has 1 aromatic carbocycles. The minimum atomic E-state index is -4.19. The van der Waals surface area contributed by atoms with Crippen molar-refractivity contribution in [3.8, 4) is 0 Å². The lowest BCUT2D eigenvalue weighted by Crippen LogP contribution is -2.41. The monoisotopic (exact) mass is 340 g/mol. The molecule has 0 aliphatic carbocycles. The summed E-state index contributed by atoms with van der Waals surface area (Å²) in [6.07, 6.45) is -0.266. The van der Waals surface area contributed by atoms with Crippen molar-refractivity contribution < 1.29 is 22.9 Å². The van der Waals surface area contributed by atoms with Gasteiger partial charge in [0.05, 0.1) is 9.82 Å². The normalized spacial score (nSPS) is 21.3. The van der Waals surface area contributed by atoms with E-state index in [9.17, 15) is 23.3 Å². The van der Waals surface area contributed by atoms with Crippen molar-refractivity contribution in [1.82, 2.24) is 4.31 Å². The molecule has 0 N–H and O–H groups in total. The van der Waals surface area contributed by atoms with Crippen molar-refractivity contribution in [2.24, 2.45) is 5.92 Å². The summed E-state index contributed by atoms with van der Waals surface area (Å²) in [6.45, 7) is 7.18. The van der Waals surface area contributed by atoms with E-state index in [1.165, 1.54) is 6.08 Å². The van der Waals surface area contributed by atoms with Crippen molar-refractivity contribution >= 4 is 21.8 Å². The van der Waals surface area contributed by atoms with Crippen LogP contribution in [0.2, 0.25) is 0 Å². The Morgan fingerprint density at radius 1 is 1.35 bits per heavy atom. The van der Waals surface area contributed by atoms with E-state index in [4.69, 9.17) is 4.74 Å². The Hall–Kier alpha value is -2.42. The smallest absolute Gasteiger partial charge is 0.424 e. The van der Waals surface area contributed by atoms with Crippen LogP contribution in [0.25, 0.3) is 0 Å². The van der Waals surface area contributed by atoms with Crippen LogP contribution < -0.4 is 0 Å². The highest BCUT2D eigenvalue weighted by Gasteiger charge is 2.48. The minimum Gasteiger partial charge on any atom is -0.442 e. The van der Waals surface area contributed by atoms with Gasteiger partial charge in [0.25, 0.3) is 15.7 Å². The zero-order chi connectivity index (χ0) is 17.4. The lowest BCUT2D eigenvalue weighted by atomic mass is 10.0. The van der Waals surface area contributed by atoms with Gasteiger partial charge in [-0.05, 0) is 18.1 Å². The fraction of sp³-hybridized carbons (Fsp3) is 0.357. The number of benzene rings is 1. The number of nitro groups is 1. The number of cyclic esters (lactones) is 1. The molecule has 2 atom stereocenters. The average Bonchev–Trinajstić information content (AvgIpc) is 2.84. The zero-order valence-corrected chi connectivity index (χ0v) is 13.4. The molecule has 0 spiro atoms. The lowest BCUT2D eigenvalue weighted by Gasteiger charge is -2.22. The van der Waals surface area contributed by atoms with E-state index in [0.717, 1.165) is 24.3 Å². The first kappa shape index (κ1) is 16.9. The number of nitrogens with zero attached hydrogens (tertiary/aromatic N) is 2. The minimum absolute atomic E-state index is 0.0981. The molecule has 1 amide bonds. The third-order valence-corrected chi connectivity index (χ3v) is 5.31. The van der Waals surface area contributed by atoms with Gasteiger partial charge in [0.15, 0.2) is 0 Å². The van der Waals surface area contributed by atoms with E-state index < -0.39 is 33.2 Å². The predicted octanol–water partition coefficient (Wildman–Crippen LogP) is 2.31. The number of sulfonamides is 1. The van der Waals surface area contributed by atoms with E-state index in [1.54, 1.807) is 13.8 Å². The number of hydrogen-bond acceptors (Lipinski definition) is 6. The molecule has 124 valence electrons. The highest BCUT2D eigenvalue weighted by molar-refractivity contribution is 7.89. The van der Waals surface area contributed by atoms with Crippen molar-refractivity contribution in [2.75, 3.05) is 0 Å². The van der Waals surface area contributed by atoms with Gasteiger partial charge >= 0.3 is 6.09 Å². The first-order valence-electron chi connectivity index (χ1n) is 6.82. The van der Waals surface area contributed by atoms with Crippen LogP contribution in [-0.4, -0.2) is 35.9 Å². The first-order chi connectivity index (χ1) is 10.7. The number of amides is 1. The molecule has 0 radical (unpaired) electrons. The molecule has 23 heavy (non-hydrogen) atoms. The maximum atomic E-state index is 12.7. The summed E-state index contributed by atoms with van der Waals surface area (Å²) in [6, 6.07) is 3.48. The van der Waals surface area contributed by atoms with E-state index in [0.29, 0.717) is 4.31 Å². The van der Waals surface area contributed by atoms with Crippen LogP contribution >= 0.6 is 0 Å². The lowest BCUT2D eigenvalue weighted by molar-refractivity contribution is -0.384. The molecule has 1 aliphatic rings. The molecule has 8 nitrogen and oxygen atoms in total. The molecule has 1 saturated heterocycles. The molecular formula is C14H16N2O6S. The molecule has 0 bridgehead atoms. The maximum Gasteiger partial charge on any atom is 0.424 e. The number of ether oxygens (including phenoxy) is 1. The van der Waals surface area contributed by atoms with Gasteiger partial charge in [-0.3, -0.25) is 10.1 Å². The van der Waals surface area contributed by atoms with E-state index in [2.05, 4.69) is 6.58 Å². The standard InChI is InChI=1S/C14H16N2O6S/c1-4-12-13(9(2)3)22-14(17)15(12)23(20,21)11-7-5-10(6-8-11)16(18)19/h4-9,12-13H,1H2,2-3H3/t12-,13-/m1/s1. The van der Waals surface area contributed by atoms with Crippen molar-refractivity contribution in [3.63, 3.8) is 0 Å². The number of carbonyl (C=O) groups excluding carboxylic acids is 1. The summed E-state index contributed by atoms with van der Waals surface area (Å²) in [5.41, 5.74) is -0.242. The molecule has 0 saturated carbocycles. The number of hydrogen-bond donors (Lipinski definition) is 0. The van der Waals surface area contributed by atoms with Crippen molar-refractivity contribution in [3.05, 3.63) is 47.0 Å². The van der Waals surface area contributed by atoms with Crippen LogP contribution in [0.4, 0.5) is 10.5 Å². The Morgan fingerprint density at radius 3 is 2.35 bits per heavy atom. The van der Waals surface area contributed by atoms with Crippen molar-refractivity contribution in [1.29, 1.82) is 0 Å². The molecule has 1 aromatic rings. The number of rotatable bonds is 5. The third kappa shape index (κ3) is 2.91. The molecule has 0 unspecified atom stereocenters. The van der Waals surface area contributed by atoms with E-state index in [1.807, 2.05) is 0 Å². The van der Waals surface area contributed by atoms with Gasteiger partial charge in [0.2, 0.25) is 0 Å². The fourth-order valence-electron chi connectivity index (χ4n) is 2.37. The highest BCUT2D eigenvalue weighted by atomic mass is 32.2. The van der Waals surface area contributed by atoms with E-state index >= 15 is 0 Å². The van der Waals surface area contributed by atoms with Gasteiger partial charge in [-0.1, -0.05) is 19.9 Å². The van der Waals surface area contributed by atoms with Crippen LogP contribution in [0, 0.1) is 16.0 Å². The van der Waals surface area contributed by atoms with Gasteiger partial charge in [0, 0.05) is 12.1 Å². The molecule has 2 rings (SSSR count). The first-order valence-corrected chi connectivity index (χ1v) is 8.26. The molecule has 0 aromatic heterocycles. The van der Waals surface area contributed by atoms with Gasteiger partial charge in [-0.25, -0.2) is 13.2 Å². The highest BCUT2D eigenvalue weighted by Crippen LogP contribution is 2.31. The van der Waals surface area contributed by atoms with Gasteiger partial charge in [-0.15, -0.1) is 6.58 Å². The number of non-ortho nitro benzene ring substituents is 1. The quantitative estimate of drug-likeness (QED) is 0.462. The summed E-state index contributed by atoms with van der Waals surface area (Å²) in [5, 5.41) is 10.6. The Labute approximate surface area is 133 Å². The van der Waals surface area contributed by atoms with Crippen LogP contribution in [0.3, 0.4) is 0 Å². The van der Waals surface area contributed by atoms with Crippen molar-refractivity contribution in [2.45, 2.75) is 30.9 Å². The SMILES string of the molecule is C=C[C@@H]1[C@@H](C(C)C)OC(=O)N1S(=O)(=O)c1ccc([N+](=O)[O-])cc1. The molecule has 1 fully saturated rings. The van der Waals surface area contributed by atoms with Crippen LogP contribution in [0.1, 0.15) is 13.8 Å². The zero-order valence-electron chi connectivity index (χ0n) is 12.6. The average molecular weight is 340 g/mol. The summed E-state index contributed by atoms with van der Waals surface area (Å²) in [7, 11) is -4.19. The summed E-state index contributed by atoms with van der Waals surface area (Å²) >= 11 is 0. The molecule has 1 heterocycles. The second-order valence-electron chi connectivity index (χ2n) is 5.37. The van der Waals surface area contributed by atoms with Crippen LogP contribution in [0.5, 0.6) is 0 Å². The summed E-state index contributed by atoms with van der Waals surface area (Å²) in [5.74, 6) is -0.0981. The Bertz CT molecular complexity index is 741. The summed E-state index contributed by atoms with van der Waals surface area (Å²) < 4.78 is 31.1. The maximum absolute atomic E-state index is 12.7. The largest absolute Gasteiger partial charge is 0.442 e. The molecule has 9 heteroatoms. The molecule has 1 aliphatic heterocycles. The Morgan fingerprint density at radius 2 is 1.91 bits per heavy atom. The van der Waals surface area contributed by atoms with Gasteiger partial charge in [0.1, 0.15) is 12.1 Å². The Balaban J connectivity index is 2.43. The van der Waals surface area contributed by atoms with Gasteiger partial charge < -0.3 is 4.74 Å². The van der Waals surface area contributed by atoms with Crippen LogP contribution in [-0.2, 0) is 14.8 Å². The molecular weight excluding hydrogens is 324 g/mol. The van der Waals surface area contributed by atoms with Gasteiger partial charge in [-0.2, -0.15) is 4.31 Å². The number of carbonyl (C=O) groups is 1. The second-order valence-corrected chi connectivity index (χ2v) is 7.19. The fourth-order valence-corrected chi connectivity index (χ4v) is 3.84. The van der Waals surface area contributed by atoms with Crippen LogP contribution in [0.15, 0.2) is 41.8 Å². The summed E-state index contributed by atoms with van der Waals surface area (Å²) in [4.78, 5) is 21.8. The predicted molar refractivity (Wildman–Crippen MR) is 81.2 cm³/mol.